The minimum absolute atomic E-state index is 0.0274. The monoisotopic (exact) mass is 332 g/mol. The molecule has 0 unspecified atom stereocenters. The molecule has 0 aliphatic rings. The van der Waals surface area contributed by atoms with Crippen LogP contribution < -0.4 is 5.56 Å². The lowest BCUT2D eigenvalue weighted by atomic mass is 10.0. The number of hydrogen-bond donors (Lipinski definition) is 0. The third-order valence-corrected chi connectivity index (χ3v) is 5.00. The number of hydrogen-bond acceptors (Lipinski definition) is 3. The Bertz CT molecular complexity index is 1050. The van der Waals surface area contributed by atoms with Gasteiger partial charge in [-0.05, 0) is 30.0 Å². The first kappa shape index (κ1) is 14.8. The Labute approximate surface area is 143 Å². The summed E-state index contributed by atoms with van der Waals surface area (Å²) in [5.41, 5.74) is 4.69. The second kappa shape index (κ2) is 6.06. The third kappa shape index (κ3) is 2.36. The summed E-state index contributed by atoms with van der Waals surface area (Å²) in [6.07, 6.45) is 2.62. The average Bonchev–Trinajstić information content (AvgIpc) is 3.16. The average molecular weight is 332 g/mol. The Balaban J connectivity index is 2.12. The first-order chi connectivity index (χ1) is 11.8. The van der Waals surface area contributed by atoms with Crippen LogP contribution in [0.15, 0.2) is 71.1 Å². The molecule has 2 heterocycles. The van der Waals surface area contributed by atoms with Crippen molar-refractivity contribution in [3.63, 3.8) is 0 Å². The fourth-order valence-corrected chi connectivity index (χ4v) is 3.74. The Morgan fingerprint density at radius 1 is 1.08 bits per heavy atom. The van der Waals surface area contributed by atoms with Crippen LogP contribution in [0.25, 0.3) is 26.9 Å². The third-order valence-electron chi connectivity index (χ3n) is 4.20. The number of pyridine rings is 1. The molecule has 0 aliphatic carbocycles. The number of para-hydroxylation sites is 1. The van der Waals surface area contributed by atoms with E-state index in [2.05, 4.69) is 18.0 Å². The predicted molar refractivity (Wildman–Crippen MR) is 100 cm³/mol. The molecule has 0 radical (unpaired) electrons. The van der Waals surface area contributed by atoms with Crippen molar-refractivity contribution in [1.82, 2.24) is 9.55 Å². The van der Waals surface area contributed by atoms with Crippen LogP contribution >= 0.6 is 11.3 Å². The molecule has 0 fully saturated rings. The molecule has 4 heteroatoms. The highest BCUT2D eigenvalue weighted by atomic mass is 32.1. The van der Waals surface area contributed by atoms with Gasteiger partial charge in [-0.3, -0.25) is 14.3 Å². The van der Waals surface area contributed by atoms with Gasteiger partial charge in [0.1, 0.15) is 0 Å². The van der Waals surface area contributed by atoms with Gasteiger partial charge >= 0.3 is 0 Å². The lowest BCUT2D eigenvalue weighted by molar-refractivity contribution is 0.889. The van der Waals surface area contributed by atoms with E-state index in [-0.39, 0.29) is 5.56 Å². The molecular formula is C20H16N2OS. The maximum Gasteiger partial charge on any atom is 0.263 e. The van der Waals surface area contributed by atoms with Crippen LogP contribution in [-0.2, 0) is 6.42 Å². The molecule has 3 nitrogen and oxygen atoms in total. The molecule has 24 heavy (non-hydrogen) atoms. The van der Waals surface area contributed by atoms with Crippen LogP contribution in [0, 0.1) is 0 Å². The Morgan fingerprint density at radius 2 is 1.92 bits per heavy atom. The van der Waals surface area contributed by atoms with Gasteiger partial charge in [0.2, 0.25) is 0 Å². The summed E-state index contributed by atoms with van der Waals surface area (Å²) in [5.74, 6) is 0. The highest BCUT2D eigenvalue weighted by molar-refractivity contribution is 7.13. The molecule has 0 spiro atoms. The summed E-state index contributed by atoms with van der Waals surface area (Å²) in [4.78, 5) is 18.5. The van der Waals surface area contributed by atoms with E-state index in [4.69, 9.17) is 0 Å². The molecule has 2 aromatic carbocycles. The fourth-order valence-electron chi connectivity index (χ4n) is 3.09. The summed E-state index contributed by atoms with van der Waals surface area (Å²) in [6.45, 7) is 2.08. The number of nitrogens with zero attached hydrogens (tertiary/aromatic N) is 2. The number of benzene rings is 2. The molecule has 0 aliphatic heterocycles. The first-order valence-electron chi connectivity index (χ1n) is 7.91. The van der Waals surface area contributed by atoms with Crippen molar-refractivity contribution in [2.45, 2.75) is 13.3 Å². The lowest BCUT2D eigenvalue weighted by Crippen LogP contribution is -2.22. The van der Waals surface area contributed by atoms with Crippen LogP contribution in [-0.4, -0.2) is 9.55 Å². The highest BCUT2D eigenvalue weighted by Gasteiger charge is 2.14. The van der Waals surface area contributed by atoms with Crippen molar-refractivity contribution >= 4 is 22.1 Å². The minimum Gasteiger partial charge on any atom is -0.281 e. The second-order valence-electron chi connectivity index (χ2n) is 5.60. The summed E-state index contributed by atoms with van der Waals surface area (Å²) < 4.78 is 1.83. The quantitative estimate of drug-likeness (QED) is 0.546. The molecule has 0 amide bonds. The van der Waals surface area contributed by atoms with Gasteiger partial charge in [0.15, 0.2) is 0 Å². The van der Waals surface area contributed by atoms with E-state index in [1.165, 1.54) is 0 Å². The van der Waals surface area contributed by atoms with Gasteiger partial charge in [-0.15, -0.1) is 11.3 Å². The SMILES string of the molecule is CCc1cc2cccc(-c3cncs3)c2c(=O)n1-c1ccccc1. The van der Waals surface area contributed by atoms with Gasteiger partial charge in [0.05, 0.1) is 15.8 Å². The Kier molecular flexibility index (Phi) is 3.75. The van der Waals surface area contributed by atoms with Gasteiger partial charge in [-0.2, -0.15) is 0 Å². The molecular weight excluding hydrogens is 316 g/mol. The topological polar surface area (TPSA) is 34.9 Å². The van der Waals surface area contributed by atoms with Crippen molar-refractivity contribution in [3.05, 3.63) is 82.4 Å². The highest BCUT2D eigenvalue weighted by Crippen LogP contribution is 2.30. The normalized spacial score (nSPS) is 11.0. The van der Waals surface area contributed by atoms with Gasteiger partial charge < -0.3 is 0 Å². The molecule has 4 rings (SSSR count). The zero-order valence-electron chi connectivity index (χ0n) is 13.3. The number of aromatic nitrogens is 2. The zero-order valence-corrected chi connectivity index (χ0v) is 14.1. The summed E-state index contributed by atoms with van der Waals surface area (Å²) >= 11 is 1.55. The molecule has 0 bridgehead atoms. The molecule has 0 saturated heterocycles. The smallest absolute Gasteiger partial charge is 0.263 e. The molecule has 0 atom stereocenters. The van der Waals surface area contributed by atoms with Crippen molar-refractivity contribution in [1.29, 1.82) is 0 Å². The van der Waals surface area contributed by atoms with Gasteiger partial charge in [-0.25, -0.2) is 0 Å². The number of thiazole rings is 1. The number of rotatable bonds is 3. The van der Waals surface area contributed by atoms with Crippen molar-refractivity contribution in [2.75, 3.05) is 0 Å². The lowest BCUT2D eigenvalue weighted by Gasteiger charge is -2.15. The van der Waals surface area contributed by atoms with Crippen LogP contribution in [0.2, 0.25) is 0 Å². The van der Waals surface area contributed by atoms with Crippen LogP contribution in [0.5, 0.6) is 0 Å². The molecule has 2 aromatic heterocycles. The van der Waals surface area contributed by atoms with Crippen LogP contribution in [0.4, 0.5) is 0 Å². The van der Waals surface area contributed by atoms with Crippen molar-refractivity contribution < 1.29 is 0 Å². The van der Waals surface area contributed by atoms with E-state index in [0.29, 0.717) is 0 Å². The van der Waals surface area contributed by atoms with Gasteiger partial charge in [0, 0.05) is 23.1 Å². The zero-order chi connectivity index (χ0) is 16.5. The molecule has 118 valence electrons. The summed E-state index contributed by atoms with van der Waals surface area (Å²) in [5, 5.41) is 1.73. The summed E-state index contributed by atoms with van der Waals surface area (Å²) in [6, 6.07) is 18.0. The van der Waals surface area contributed by atoms with E-state index in [9.17, 15) is 4.79 Å². The number of aryl methyl sites for hydroxylation is 1. The van der Waals surface area contributed by atoms with E-state index < -0.39 is 0 Å². The second-order valence-corrected chi connectivity index (χ2v) is 6.49. The van der Waals surface area contributed by atoms with Crippen molar-refractivity contribution in [2.24, 2.45) is 0 Å². The fraction of sp³-hybridized carbons (Fsp3) is 0.100. The first-order valence-corrected chi connectivity index (χ1v) is 8.79. The minimum atomic E-state index is 0.0274. The Hall–Kier alpha value is -2.72. The standard InChI is InChI=1S/C20H16N2OS/c1-2-15-11-14-7-6-10-17(18-12-21-13-24-18)19(14)20(23)22(15)16-8-4-3-5-9-16/h3-13H,2H2,1H3. The van der Waals surface area contributed by atoms with E-state index in [0.717, 1.165) is 39.0 Å². The van der Waals surface area contributed by atoms with E-state index in [1.807, 2.05) is 59.3 Å². The largest absolute Gasteiger partial charge is 0.281 e. The van der Waals surface area contributed by atoms with E-state index >= 15 is 0 Å². The molecule has 0 N–H and O–H groups in total. The molecule has 0 saturated carbocycles. The van der Waals surface area contributed by atoms with Crippen molar-refractivity contribution in [3.8, 4) is 16.1 Å². The Morgan fingerprint density at radius 3 is 2.62 bits per heavy atom. The maximum absolute atomic E-state index is 13.4. The van der Waals surface area contributed by atoms with Crippen LogP contribution in [0.1, 0.15) is 12.6 Å². The van der Waals surface area contributed by atoms with Gasteiger partial charge in [0.25, 0.3) is 5.56 Å². The molecule has 4 aromatic rings. The summed E-state index contributed by atoms with van der Waals surface area (Å²) in [7, 11) is 0. The number of fused-ring (bicyclic) bond motifs is 1. The van der Waals surface area contributed by atoms with Gasteiger partial charge in [-0.1, -0.05) is 43.3 Å². The van der Waals surface area contributed by atoms with Crippen LogP contribution in [0.3, 0.4) is 0 Å². The predicted octanol–water partition coefficient (Wildman–Crippen LogP) is 4.68. The maximum atomic E-state index is 13.4. The van der Waals surface area contributed by atoms with E-state index in [1.54, 1.807) is 16.8 Å².